The fourth-order valence-corrected chi connectivity index (χ4v) is 2.29. The first-order valence-electron chi connectivity index (χ1n) is 5.86. The number of rotatable bonds is 2. The van der Waals surface area contributed by atoms with E-state index in [1.807, 2.05) is 25.1 Å². The molecule has 0 radical (unpaired) electrons. The van der Waals surface area contributed by atoms with Gasteiger partial charge < -0.3 is 15.4 Å². The Morgan fingerprint density at radius 2 is 2.24 bits per heavy atom. The standard InChI is InChI=1S/C14H20N2O/c1-10(2)8-16-9-14(3,4)17-12-7-5-6-11(15)13(12)16/h5-7H,1,8-9,15H2,2-4H3. The Balaban J connectivity index is 2.44. The van der Waals surface area contributed by atoms with Gasteiger partial charge in [-0.1, -0.05) is 18.2 Å². The van der Waals surface area contributed by atoms with E-state index >= 15 is 0 Å². The van der Waals surface area contributed by atoms with E-state index in [1.165, 1.54) is 0 Å². The lowest BCUT2D eigenvalue weighted by atomic mass is 10.0. The molecule has 0 atom stereocenters. The highest BCUT2D eigenvalue weighted by Gasteiger charge is 2.32. The van der Waals surface area contributed by atoms with Gasteiger partial charge in [0, 0.05) is 6.54 Å². The first kappa shape index (κ1) is 11.8. The molecule has 1 aromatic rings. The zero-order chi connectivity index (χ0) is 12.6. The molecule has 2 N–H and O–H groups in total. The molecule has 3 nitrogen and oxygen atoms in total. The van der Waals surface area contributed by atoms with Crippen molar-refractivity contribution in [3.05, 3.63) is 30.4 Å². The van der Waals surface area contributed by atoms with Crippen LogP contribution in [-0.4, -0.2) is 18.7 Å². The van der Waals surface area contributed by atoms with Crippen LogP contribution < -0.4 is 15.4 Å². The summed E-state index contributed by atoms with van der Waals surface area (Å²) < 4.78 is 5.96. The van der Waals surface area contributed by atoms with Crippen molar-refractivity contribution in [2.75, 3.05) is 23.7 Å². The molecule has 2 rings (SSSR count). The van der Waals surface area contributed by atoms with Crippen LogP contribution in [0.5, 0.6) is 5.75 Å². The van der Waals surface area contributed by atoms with Gasteiger partial charge in [0.2, 0.25) is 0 Å². The van der Waals surface area contributed by atoms with Crippen molar-refractivity contribution in [2.45, 2.75) is 26.4 Å². The average molecular weight is 232 g/mol. The van der Waals surface area contributed by atoms with Gasteiger partial charge in [-0.15, -0.1) is 0 Å². The number of hydrogen-bond donors (Lipinski definition) is 1. The molecule has 1 aromatic carbocycles. The summed E-state index contributed by atoms with van der Waals surface area (Å²) in [5.74, 6) is 0.863. The number of nitrogen functional groups attached to an aromatic ring is 1. The van der Waals surface area contributed by atoms with Gasteiger partial charge in [-0.3, -0.25) is 0 Å². The maximum absolute atomic E-state index is 6.04. The van der Waals surface area contributed by atoms with Gasteiger partial charge in [0.1, 0.15) is 17.0 Å². The lowest BCUT2D eigenvalue weighted by Gasteiger charge is -2.41. The summed E-state index contributed by atoms with van der Waals surface area (Å²) in [6.45, 7) is 11.8. The maximum Gasteiger partial charge on any atom is 0.145 e. The highest BCUT2D eigenvalue weighted by molar-refractivity contribution is 5.76. The van der Waals surface area contributed by atoms with Gasteiger partial charge in [0.05, 0.1) is 12.2 Å². The predicted octanol–water partition coefficient (Wildman–Crippen LogP) is 2.82. The lowest BCUT2D eigenvalue weighted by Crippen LogP contribution is -2.47. The quantitative estimate of drug-likeness (QED) is 0.629. The molecule has 0 saturated heterocycles. The molecule has 1 heterocycles. The molecule has 0 bridgehead atoms. The van der Waals surface area contributed by atoms with Gasteiger partial charge in [-0.2, -0.15) is 0 Å². The number of nitrogens with zero attached hydrogens (tertiary/aromatic N) is 1. The Hall–Kier alpha value is -1.64. The van der Waals surface area contributed by atoms with Crippen molar-refractivity contribution in [1.82, 2.24) is 0 Å². The van der Waals surface area contributed by atoms with Crippen LogP contribution >= 0.6 is 0 Å². The van der Waals surface area contributed by atoms with E-state index < -0.39 is 0 Å². The second-order valence-electron chi connectivity index (χ2n) is 5.37. The highest BCUT2D eigenvalue weighted by atomic mass is 16.5. The third-order valence-corrected chi connectivity index (χ3v) is 2.77. The Bertz CT molecular complexity index is 452. The van der Waals surface area contributed by atoms with Crippen LogP contribution in [0.25, 0.3) is 0 Å². The van der Waals surface area contributed by atoms with Crippen LogP contribution in [-0.2, 0) is 0 Å². The number of hydrogen-bond acceptors (Lipinski definition) is 3. The monoisotopic (exact) mass is 232 g/mol. The molecule has 17 heavy (non-hydrogen) atoms. The second kappa shape index (κ2) is 3.99. The summed E-state index contributed by atoms with van der Waals surface area (Å²) in [5, 5.41) is 0. The molecule has 1 aliphatic rings. The molecule has 0 spiro atoms. The number of anilines is 2. The molecule has 0 amide bonds. The van der Waals surface area contributed by atoms with E-state index in [4.69, 9.17) is 10.5 Å². The zero-order valence-corrected chi connectivity index (χ0v) is 10.8. The molecule has 0 saturated carbocycles. The molecule has 92 valence electrons. The summed E-state index contributed by atoms with van der Waals surface area (Å²) in [6, 6.07) is 5.80. The van der Waals surface area contributed by atoms with Crippen molar-refractivity contribution >= 4 is 11.4 Å². The van der Waals surface area contributed by atoms with E-state index in [9.17, 15) is 0 Å². The lowest BCUT2D eigenvalue weighted by molar-refractivity contribution is 0.106. The van der Waals surface area contributed by atoms with Crippen LogP contribution in [0.2, 0.25) is 0 Å². The van der Waals surface area contributed by atoms with E-state index in [0.717, 1.165) is 35.8 Å². The molecule has 1 aliphatic heterocycles. The zero-order valence-electron chi connectivity index (χ0n) is 10.8. The van der Waals surface area contributed by atoms with Gasteiger partial charge in [0.15, 0.2) is 0 Å². The van der Waals surface area contributed by atoms with Crippen LogP contribution in [0.3, 0.4) is 0 Å². The van der Waals surface area contributed by atoms with Crippen molar-refractivity contribution in [1.29, 1.82) is 0 Å². The third kappa shape index (κ3) is 2.38. The molecule has 3 heteroatoms. The normalized spacial score (nSPS) is 17.2. The molecule has 0 fully saturated rings. The summed E-state index contributed by atoms with van der Waals surface area (Å²) in [7, 11) is 0. The van der Waals surface area contributed by atoms with Gasteiger partial charge >= 0.3 is 0 Å². The fourth-order valence-electron chi connectivity index (χ4n) is 2.29. The Labute approximate surface area is 103 Å². The minimum absolute atomic E-state index is 0.198. The van der Waals surface area contributed by atoms with Gasteiger partial charge in [-0.25, -0.2) is 0 Å². The topological polar surface area (TPSA) is 38.5 Å². The van der Waals surface area contributed by atoms with Gasteiger partial charge in [-0.05, 0) is 32.9 Å². The van der Waals surface area contributed by atoms with Crippen molar-refractivity contribution in [2.24, 2.45) is 0 Å². The number of nitrogens with two attached hydrogens (primary N) is 1. The Morgan fingerprint density at radius 1 is 1.53 bits per heavy atom. The number of benzene rings is 1. The fraction of sp³-hybridized carbons (Fsp3) is 0.429. The maximum atomic E-state index is 6.04. The number of fused-ring (bicyclic) bond motifs is 1. The van der Waals surface area contributed by atoms with E-state index in [0.29, 0.717) is 0 Å². The molecule has 0 unspecified atom stereocenters. The van der Waals surface area contributed by atoms with E-state index in [1.54, 1.807) is 0 Å². The minimum atomic E-state index is -0.198. The summed E-state index contributed by atoms with van der Waals surface area (Å²) >= 11 is 0. The van der Waals surface area contributed by atoms with Crippen LogP contribution in [0.15, 0.2) is 30.4 Å². The highest BCUT2D eigenvalue weighted by Crippen LogP contribution is 2.41. The molecule has 0 aromatic heterocycles. The summed E-state index contributed by atoms with van der Waals surface area (Å²) in [6.07, 6.45) is 0. The Kier molecular flexibility index (Phi) is 2.77. The van der Waals surface area contributed by atoms with Crippen molar-refractivity contribution in [3.63, 3.8) is 0 Å². The van der Waals surface area contributed by atoms with Crippen LogP contribution in [0.1, 0.15) is 20.8 Å². The van der Waals surface area contributed by atoms with Crippen molar-refractivity contribution in [3.8, 4) is 5.75 Å². The minimum Gasteiger partial charge on any atom is -0.484 e. The molecule has 0 aliphatic carbocycles. The number of para-hydroxylation sites is 1. The van der Waals surface area contributed by atoms with Gasteiger partial charge in [0.25, 0.3) is 0 Å². The largest absolute Gasteiger partial charge is 0.484 e. The molecular formula is C14H20N2O. The van der Waals surface area contributed by atoms with Crippen LogP contribution in [0.4, 0.5) is 11.4 Å². The predicted molar refractivity (Wildman–Crippen MR) is 72.6 cm³/mol. The second-order valence-corrected chi connectivity index (χ2v) is 5.37. The number of ether oxygens (including phenoxy) is 1. The average Bonchev–Trinajstić information content (AvgIpc) is 2.13. The first-order chi connectivity index (χ1) is 7.89. The van der Waals surface area contributed by atoms with Crippen LogP contribution in [0, 0.1) is 0 Å². The smallest absolute Gasteiger partial charge is 0.145 e. The summed E-state index contributed by atoms with van der Waals surface area (Å²) in [5.41, 5.74) is 8.73. The van der Waals surface area contributed by atoms with E-state index in [2.05, 4.69) is 25.3 Å². The van der Waals surface area contributed by atoms with E-state index in [-0.39, 0.29) is 5.60 Å². The molecular weight excluding hydrogens is 212 g/mol. The summed E-state index contributed by atoms with van der Waals surface area (Å²) in [4.78, 5) is 2.25. The Morgan fingerprint density at radius 3 is 2.88 bits per heavy atom. The third-order valence-electron chi connectivity index (χ3n) is 2.77. The van der Waals surface area contributed by atoms with Crippen molar-refractivity contribution < 1.29 is 4.74 Å². The SMILES string of the molecule is C=C(C)CN1CC(C)(C)Oc2cccc(N)c21. The first-order valence-corrected chi connectivity index (χ1v) is 5.86.